The van der Waals surface area contributed by atoms with Crippen LogP contribution in [0, 0.1) is 26.2 Å². The molecular formula is C17H17BrN2O. The van der Waals surface area contributed by atoms with E-state index in [4.69, 9.17) is 11.2 Å². The zero-order chi connectivity index (χ0) is 15.2. The molecule has 0 fully saturated rings. The van der Waals surface area contributed by atoms with Gasteiger partial charge in [-0.1, -0.05) is 21.9 Å². The van der Waals surface area contributed by atoms with Crippen LogP contribution in [0.5, 0.6) is 5.75 Å². The first-order valence-electron chi connectivity index (χ1n) is 6.63. The number of nitrogens with zero attached hydrogens (tertiary/aromatic N) is 1. The number of pyridine rings is 1. The van der Waals surface area contributed by atoms with Gasteiger partial charge in [0.05, 0.1) is 11.4 Å². The molecule has 0 atom stereocenters. The van der Waals surface area contributed by atoms with Gasteiger partial charge in [0.15, 0.2) is 0 Å². The summed E-state index contributed by atoms with van der Waals surface area (Å²) in [6.45, 7) is 4.88. The average Bonchev–Trinajstić information content (AvgIpc) is 2.45. The Morgan fingerprint density at radius 1 is 1.29 bits per heavy atom. The standard InChI is InChI=1S/C17H17BrN2O/c1-4-9-21-17-8-6-15(18)10-14(17)11-19-16-7-5-12(2)20-13(16)3/h1,5-8,10,19H,9,11H2,2-3H3. The molecule has 0 saturated carbocycles. The molecule has 0 spiro atoms. The van der Waals surface area contributed by atoms with Gasteiger partial charge in [0.2, 0.25) is 0 Å². The molecule has 21 heavy (non-hydrogen) atoms. The lowest BCUT2D eigenvalue weighted by Gasteiger charge is -2.13. The van der Waals surface area contributed by atoms with E-state index in [2.05, 4.69) is 32.2 Å². The van der Waals surface area contributed by atoms with E-state index in [0.29, 0.717) is 6.54 Å². The van der Waals surface area contributed by atoms with Gasteiger partial charge in [-0.15, -0.1) is 6.42 Å². The topological polar surface area (TPSA) is 34.1 Å². The molecular weight excluding hydrogens is 328 g/mol. The quantitative estimate of drug-likeness (QED) is 0.829. The number of aromatic nitrogens is 1. The minimum Gasteiger partial charge on any atom is -0.481 e. The van der Waals surface area contributed by atoms with Gasteiger partial charge in [0.25, 0.3) is 0 Å². The number of halogens is 1. The van der Waals surface area contributed by atoms with E-state index >= 15 is 0 Å². The SMILES string of the molecule is C#CCOc1ccc(Br)cc1CNc1ccc(C)nc1C. The second-order valence-electron chi connectivity index (χ2n) is 4.68. The molecule has 0 amide bonds. The van der Waals surface area contributed by atoms with E-state index in [0.717, 1.165) is 32.9 Å². The van der Waals surface area contributed by atoms with E-state index in [-0.39, 0.29) is 6.61 Å². The van der Waals surface area contributed by atoms with Crippen LogP contribution in [0.2, 0.25) is 0 Å². The Morgan fingerprint density at radius 2 is 2.10 bits per heavy atom. The summed E-state index contributed by atoms with van der Waals surface area (Å²) < 4.78 is 6.57. The molecule has 0 unspecified atom stereocenters. The number of rotatable bonds is 5. The Morgan fingerprint density at radius 3 is 2.81 bits per heavy atom. The number of anilines is 1. The van der Waals surface area contributed by atoms with Gasteiger partial charge in [-0.25, -0.2) is 0 Å². The predicted octanol–water partition coefficient (Wildman–Crippen LogP) is 4.09. The van der Waals surface area contributed by atoms with Crippen molar-refractivity contribution in [3.8, 4) is 18.1 Å². The molecule has 2 aromatic rings. The summed E-state index contributed by atoms with van der Waals surface area (Å²) >= 11 is 3.48. The zero-order valence-electron chi connectivity index (χ0n) is 12.1. The van der Waals surface area contributed by atoms with Gasteiger partial charge < -0.3 is 10.1 Å². The molecule has 0 aliphatic carbocycles. The maximum Gasteiger partial charge on any atom is 0.148 e. The molecule has 1 N–H and O–H groups in total. The molecule has 0 bridgehead atoms. The Labute approximate surface area is 133 Å². The van der Waals surface area contributed by atoms with E-state index in [1.165, 1.54) is 0 Å². The first-order chi connectivity index (χ1) is 10.1. The molecule has 0 aliphatic rings. The van der Waals surface area contributed by atoms with E-state index in [1.54, 1.807) is 0 Å². The fraction of sp³-hybridized carbons (Fsp3) is 0.235. The summed E-state index contributed by atoms with van der Waals surface area (Å²) in [6.07, 6.45) is 5.25. The summed E-state index contributed by atoms with van der Waals surface area (Å²) in [5, 5.41) is 3.39. The lowest BCUT2D eigenvalue weighted by molar-refractivity contribution is 0.366. The summed E-state index contributed by atoms with van der Waals surface area (Å²) in [5.41, 5.74) is 4.05. The number of aryl methyl sites for hydroxylation is 2. The van der Waals surface area contributed by atoms with Gasteiger partial charge in [0, 0.05) is 22.3 Å². The van der Waals surface area contributed by atoms with Crippen LogP contribution in [0.3, 0.4) is 0 Å². The lowest BCUT2D eigenvalue weighted by Crippen LogP contribution is -2.05. The molecule has 0 saturated heterocycles. The highest BCUT2D eigenvalue weighted by Gasteiger charge is 2.06. The third kappa shape index (κ3) is 4.24. The third-order valence-corrected chi connectivity index (χ3v) is 3.52. The van der Waals surface area contributed by atoms with Gasteiger partial charge in [0.1, 0.15) is 12.4 Å². The molecule has 4 heteroatoms. The number of terminal acetylenes is 1. The van der Waals surface area contributed by atoms with Crippen LogP contribution < -0.4 is 10.1 Å². The van der Waals surface area contributed by atoms with E-state index in [1.807, 2.05) is 44.2 Å². The zero-order valence-corrected chi connectivity index (χ0v) is 13.7. The Hall–Kier alpha value is -1.99. The van der Waals surface area contributed by atoms with E-state index in [9.17, 15) is 0 Å². The van der Waals surface area contributed by atoms with Crippen molar-refractivity contribution in [2.45, 2.75) is 20.4 Å². The normalized spacial score (nSPS) is 10.0. The molecule has 1 aromatic carbocycles. The summed E-state index contributed by atoms with van der Waals surface area (Å²) in [4.78, 5) is 4.45. The Balaban J connectivity index is 2.15. The highest BCUT2D eigenvalue weighted by atomic mass is 79.9. The van der Waals surface area contributed by atoms with Crippen molar-refractivity contribution in [1.29, 1.82) is 0 Å². The molecule has 0 aliphatic heterocycles. The fourth-order valence-corrected chi connectivity index (χ4v) is 2.42. The van der Waals surface area contributed by atoms with Crippen LogP contribution in [-0.4, -0.2) is 11.6 Å². The number of hydrogen-bond donors (Lipinski definition) is 1. The van der Waals surface area contributed by atoms with Gasteiger partial charge in [-0.05, 0) is 44.2 Å². The van der Waals surface area contributed by atoms with Crippen molar-refractivity contribution in [2.75, 3.05) is 11.9 Å². The molecule has 108 valence electrons. The molecule has 2 rings (SSSR count). The molecule has 0 radical (unpaired) electrons. The molecule has 1 heterocycles. The van der Waals surface area contributed by atoms with Crippen LogP contribution in [0.1, 0.15) is 17.0 Å². The summed E-state index contributed by atoms with van der Waals surface area (Å²) in [7, 11) is 0. The largest absolute Gasteiger partial charge is 0.481 e. The molecule has 1 aromatic heterocycles. The van der Waals surface area contributed by atoms with Crippen molar-refractivity contribution in [1.82, 2.24) is 4.98 Å². The first kappa shape index (κ1) is 15.4. The summed E-state index contributed by atoms with van der Waals surface area (Å²) in [5.74, 6) is 3.28. The van der Waals surface area contributed by atoms with Crippen LogP contribution in [-0.2, 0) is 6.54 Å². The maximum atomic E-state index is 5.57. The van der Waals surface area contributed by atoms with Crippen LogP contribution >= 0.6 is 15.9 Å². The second-order valence-corrected chi connectivity index (χ2v) is 5.60. The van der Waals surface area contributed by atoms with Gasteiger partial charge >= 0.3 is 0 Å². The van der Waals surface area contributed by atoms with Crippen molar-refractivity contribution in [3.05, 3.63) is 51.8 Å². The van der Waals surface area contributed by atoms with Crippen molar-refractivity contribution >= 4 is 21.6 Å². The highest BCUT2D eigenvalue weighted by molar-refractivity contribution is 9.10. The summed E-state index contributed by atoms with van der Waals surface area (Å²) in [6, 6.07) is 9.91. The van der Waals surface area contributed by atoms with Crippen molar-refractivity contribution < 1.29 is 4.74 Å². The third-order valence-electron chi connectivity index (χ3n) is 3.03. The maximum absolute atomic E-state index is 5.57. The highest BCUT2D eigenvalue weighted by Crippen LogP contribution is 2.24. The second kappa shape index (κ2) is 7.14. The monoisotopic (exact) mass is 344 g/mol. The number of ether oxygens (including phenoxy) is 1. The Kier molecular flexibility index (Phi) is 5.24. The smallest absolute Gasteiger partial charge is 0.148 e. The first-order valence-corrected chi connectivity index (χ1v) is 7.42. The van der Waals surface area contributed by atoms with Gasteiger partial charge in [-0.3, -0.25) is 4.98 Å². The van der Waals surface area contributed by atoms with Crippen molar-refractivity contribution in [2.24, 2.45) is 0 Å². The average molecular weight is 345 g/mol. The molecule has 3 nitrogen and oxygen atoms in total. The predicted molar refractivity (Wildman–Crippen MR) is 89.5 cm³/mol. The van der Waals surface area contributed by atoms with Crippen LogP contribution in [0.4, 0.5) is 5.69 Å². The fourth-order valence-electron chi connectivity index (χ4n) is 2.01. The lowest BCUT2D eigenvalue weighted by atomic mass is 10.2. The minimum atomic E-state index is 0.264. The Bertz CT molecular complexity index is 677. The minimum absolute atomic E-state index is 0.264. The van der Waals surface area contributed by atoms with E-state index < -0.39 is 0 Å². The van der Waals surface area contributed by atoms with Crippen molar-refractivity contribution in [3.63, 3.8) is 0 Å². The number of benzene rings is 1. The number of nitrogens with one attached hydrogen (secondary N) is 1. The van der Waals surface area contributed by atoms with Gasteiger partial charge in [-0.2, -0.15) is 0 Å². The number of hydrogen-bond acceptors (Lipinski definition) is 3. The van der Waals surface area contributed by atoms with Crippen LogP contribution in [0.15, 0.2) is 34.8 Å². The van der Waals surface area contributed by atoms with Crippen LogP contribution in [0.25, 0.3) is 0 Å².